The second-order valence-electron chi connectivity index (χ2n) is 1.49. The topological polar surface area (TPSA) is 61.5 Å². The summed E-state index contributed by atoms with van der Waals surface area (Å²) in [5, 5.41) is 0. The van der Waals surface area contributed by atoms with Gasteiger partial charge in [-0.1, -0.05) is 0 Å². The molecule has 0 aromatic rings. The molecule has 10 heteroatoms. The van der Waals surface area contributed by atoms with E-state index in [1.165, 1.54) is 0 Å². The van der Waals surface area contributed by atoms with Crippen molar-refractivity contribution in [2.45, 2.75) is 12.6 Å². The molecule has 0 amide bonds. The van der Waals surface area contributed by atoms with E-state index in [1.54, 1.807) is 0 Å². The van der Waals surface area contributed by atoms with E-state index in [0.717, 1.165) is 0 Å². The van der Waals surface area contributed by atoms with Crippen LogP contribution >= 0.6 is 8.25 Å². The van der Waals surface area contributed by atoms with Crippen molar-refractivity contribution in [3.8, 4) is 0 Å². The van der Waals surface area contributed by atoms with Gasteiger partial charge in [0.2, 0.25) is 0 Å². The van der Waals surface area contributed by atoms with Crippen LogP contribution in [0.2, 0.25) is 0 Å². The third-order valence-corrected chi connectivity index (χ3v) is 1.66. The van der Waals surface area contributed by atoms with E-state index in [2.05, 4.69) is 9.05 Å². The summed E-state index contributed by atoms with van der Waals surface area (Å²) >= 11 is 0. The molecule has 0 aromatic heterocycles. The molecule has 51 valence electrons. The Labute approximate surface area is 190 Å². The predicted molar refractivity (Wildman–Crippen MR) is 56.0 cm³/mol. The second kappa shape index (κ2) is 19.3. The number of hydrogen-bond donors (Lipinski definition) is 1. The molecule has 13 heavy (non-hydrogen) atoms. The molecule has 1 aliphatic rings. The fraction of sp³-hybridized carbons (Fsp3) is 1.00. The summed E-state index contributed by atoms with van der Waals surface area (Å²) in [6.45, 7) is 0.441. The van der Waals surface area contributed by atoms with E-state index in [9.17, 15) is 4.57 Å². The van der Waals surface area contributed by atoms with E-state index < -0.39 is 14.5 Å². The molecule has 1 saturated heterocycles. The Morgan fingerprint density at radius 1 is 1.15 bits per heavy atom. The monoisotopic (exact) mass is 251 g/mol. The van der Waals surface area contributed by atoms with Gasteiger partial charge >= 0.3 is 8.25 Å². The SMILES string of the molecule is NC1CCO[P+](=O)O1.[Na].[Na].[Na].[Na].[Na]. The van der Waals surface area contributed by atoms with Gasteiger partial charge in [0.1, 0.15) is 6.61 Å². The fourth-order valence-electron chi connectivity index (χ4n) is 0.437. The van der Waals surface area contributed by atoms with Gasteiger partial charge in [-0.2, -0.15) is 0 Å². The Kier molecular flexibility index (Phi) is 45.7. The first kappa shape index (κ1) is 30.8. The molecular formula is C3H7NNa5O3P+. The van der Waals surface area contributed by atoms with Crippen molar-refractivity contribution in [2.24, 2.45) is 5.73 Å². The summed E-state index contributed by atoms with van der Waals surface area (Å²) in [5.74, 6) is 0. The van der Waals surface area contributed by atoms with Gasteiger partial charge in [-0.15, -0.1) is 9.05 Å². The molecule has 5 radical (unpaired) electrons. The zero-order valence-corrected chi connectivity index (χ0v) is 20.1. The van der Waals surface area contributed by atoms with Crippen LogP contribution in [0, 0.1) is 0 Å². The summed E-state index contributed by atoms with van der Waals surface area (Å²) in [4.78, 5) is 0. The third kappa shape index (κ3) is 17.0. The molecule has 2 unspecified atom stereocenters. The summed E-state index contributed by atoms with van der Waals surface area (Å²) in [5.41, 5.74) is 5.24. The average Bonchev–Trinajstić information content (AvgIpc) is 1.64. The molecule has 4 nitrogen and oxygen atoms in total. The summed E-state index contributed by atoms with van der Waals surface area (Å²) in [6.07, 6.45) is 0.230. The molecule has 0 bridgehead atoms. The van der Waals surface area contributed by atoms with Crippen LogP contribution in [0.15, 0.2) is 0 Å². The van der Waals surface area contributed by atoms with Gasteiger partial charge in [-0.3, -0.25) is 0 Å². The second-order valence-corrected chi connectivity index (χ2v) is 2.41. The molecule has 2 N–H and O–H groups in total. The molecule has 0 aliphatic carbocycles. The molecule has 1 rings (SSSR count). The summed E-state index contributed by atoms with van der Waals surface area (Å²) in [7, 11) is -1.91. The first-order chi connectivity index (χ1) is 3.79. The quantitative estimate of drug-likeness (QED) is 0.418. The summed E-state index contributed by atoms with van der Waals surface area (Å²) in [6, 6.07) is 0. The van der Waals surface area contributed by atoms with Gasteiger partial charge in [0.05, 0.1) is 0 Å². The smallest absolute Gasteiger partial charge is 0.302 e. The Bertz CT molecular complexity index is 119. The van der Waals surface area contributed by atoms with Gasteiger partial charge in [-0.05, 0) is 0 Å². The maximum Gasteiger partial charge on any atom is 0.699 e. The maximum absolute atomic E-state index is 10.3. The van der Waals surface area contributed by atoms with Crippen LogP contribution in [0.5, 0.6) is 0 Å². The van der Waals surface area contributed by atoms with E-state index in [0.29, 0.717) is 13.0 Å². The third-order valence-electron chi connectivity index (χ3n) is 0.821. The van der Waals surface area contributed by atoms with Crippen LogP contribution in [0.25, 0.3) is 0 Å². The van der Waals surface area contributed by atoms with Crippen molar-refractivity contribution >= 4 is 156 Å². The Morgan fingerprint density at radius 2 is 1.62 bits per heavy atom. The van der Waals surface area contributed by atoms with Crippen LogP contribution in [0.4, 0.5) is 0 Å². The standard InChI is InChI=1S/C3H7NO3P.5Na/c4-3-1-2-6-8(5)7-3;;;;;/h3H,1-2,4H2;;;;;/q+1;;;;;. The predicted octanol–water partition coefficient (Wildman–Crippen LogP) is -1.54. The van der Waals surface area contributed by atoms with Gasteiger partial charge in [0.25, 0.3) is 0 Å². The van der Waals surface area contributed by atoms with Crippen molar-refractivity contribution in [3.05, 3.63) is 0 Å². The van der Waals surface area contributed by atoms with Crippen molar-refractivity contribution in [1.29, 1.82) is 0 Å². The van der Waals surface area contributed by atoms with Gasteiger partial charge in [-0.25, -0.2) is 0 Å². The Hall–Kier alpha value is 4.98. The van der Waals surface area contributed by atoms with Crippen LogP contribution in [-0.2, 0) is 13.6 Å². The number of rotatable bonds is 0. The molecule has 0 saturated carbocycles. The molecular weight excluding hydrogens is 244 g/mol. The van der Waals surface area contributed by atoms with Crippen molar-refractivity contribution < 1.29 is 13.6 Å². The molecule has 0 aromatic carbocycles. The molecule has 0 spiro atoms. The number of hydrogen-bond acceptors (Lipinski definition) is 4. The number of nitrogens with two attached hydrogens (primary N) is 1. The molecule has 1 fully saturated rings. The van der Waals surface area contributed by atoms with Gasteiger partial charge in [0, 0.05) is 159 Å². The molecule has 1 heterocycles. The first-order valence-corrected chi connectivity index (χ1v) is 3.41. The fourth-order valence-corrected chi connectivity index (χ4v) is 1.08. The normalized spacial score (nSPS) is 21.6. The maximum atomic E-state index is 10.3. The van der Waals surface area contributed by atoms with E-state index in [1.807, 2.05) is 0 Å². The zero-order valence-electron chi connectivity index (χ0n) is 9.24. The van der Waals surface area contributed by atoms with E-state index in [4.69, 9.17) is 5.73 Å². The largest absolute Gasteiger partial charge is 0.699 e. The molecule has 2 atom stereocenters. The Balaban J connectivity index is -0.0000000427. The van der Waals surface area contributed by atoms with Crippen LogP contribution in [0.1, 0.15) is 6.42 Å². The minimum absolute atomic E-state index is 0. The van der Waals surface area contributed by atoms with Crippen molar-refractivity contribution in [2.75, 3.05) is 6.61 Å². The van der Waals surface area contributed by atoms with E-state index >= 15 is 0 Å². The van der Waals surface area contributed by atoms with Crippen LogP contribution < -0.4 is 5.73 Å². The molecule has 1 aliphatic heterocycles. The van der Waals surface area contributed by atoms with E-state index in [-0.39, 0.29) is 148 Å². The average molecular weight is 251 g/mol. The van der Waals surface area contributed by atoms with Gasteiger partial charge < -0.3 is 5.73 Å². The Morgan fingerprint density at radius 3 is 1.85 bits per heavy atom. The van der Waals surface area contributed by atoms with Crippen molar-refractivity contribution in [3.63, 3.8) is 0 Å². The van der Waals surface area contributed by atoms with Crippen LogP contribution in [0.3, 0.4) is 0 Å². The minimum atomic E-state index is -1.91. The zero-order chi connectivity index (χ0) is 5.98. The first-order valence-electron chi connectivity index (χ1n) is 2.31. The summed E-state index contributed by atoms with van der Waals surface area (Å²) < 4.78 is 19.4. The van der Waals surface area contributed by atoms with Crippen LogP contribution in [-0.4, -0.2) is 161 Å². The van der Waals surface area contributed by atoms with Crippen molar-refractivity contribution in [1.82, 2.24) is 0 Å². The minimum Gasteiger partial charge on any atom is -0.302 e. The van der Waals surface area contributed by atoms with Gasteiger partial charge in [0.15, 0.2) is 6.23 Å².